The molecule has 1 aliphatic rings. The Kier molecular flexibility index (Phi) is 5.39. The highest BCUT2D eigenvalue weighted by Crippen LogP contribution is 2.38. The summed E-state index contributed by atoms with van der Waals surface area (Å²) in [5, 5.41) is 7.58. The first-order valence-electron chi connectivity index (χ1n) is 9.44. The number of ether oxygens (including phenoxy) is 1. The van der Waals surface area contributed by atoms with Gasteiger partial charge in [0.25, 0.3) is 5.91 Å². The van der Waals surface area contributed by atoms with E-state index in [-0.39, 0.29) is 30.5 Å². The highest BCUT2D eigenvalue weighted by atomic mass is 32.2. The summed E-state index contributed by atoms with van der Waals surface area (Å²) < 4.78 is 34.0. The fourth-order valence-electron chi connectivity index (χ4n) is 3.70. The van der Waals surface area contributed by atoms with Gasteiger partial charge in [0.15, 0.2) is 0 Å². The zero-order valence-corrected chi connectivity index (χ0v) is 18.8. The van der Waals surface area contributed by atoms with Crippen LogP contribution in [0, 0.1) is 13.8 Å². The van der Waals surface area contributed by atoms with Crippen molar-refractivity contribution in [3.63, 3.8) is 0 Å². The molecule has 0 bridgehead atoms. The topological polar surface area (TPSA) is 108 Å². The van der Waals surface area contributed by atoms with Crippen molar-refractivity contribution in [1.29, 1.82) is 0 Å². The van der Waals surface area contributed by atoms with Gasteiger partial charge in [-0.15, -0.1) is 11.3 Å². The highest BCUT2D eigenvalue weighted by molar-refractivity contribution is 7.89. The molecular weight excluding hydrogens is 426 g/mol. The van der Waals surface area contributed by atoms with Crippen molar-refractivity contribution in [1.82, 2.24) is 24.4 Å². The molecule has 1 fully saturated rings. The van der Waals surface area contributed by atoms with E-state index in [4.69, 9.17) is 4.74 Å². The summed E-state index contributed by atoms with van der Waals surface area (Å²) in [5.41, 5.74) is 1.63. The third kappa shape index (κ3) is 3.41. The Morgan fingerprint density at radius 2 is 2.13 bits per heavy atom. The van der Waals surface area contributed by atoms with Gasteiger partial charge in [-0.1, -0.05) is 6.07 Å². The van der Waals surface area contributed by atoms with Gasteiger partial charge in [0.2, 0.25) is 10.0 Å². The number of carbonyl (C=O) groups is 1. The van der Waals surface area contributed by atoms with E-state index in [1.165, 1.54) is 20.5 Å². The van der Waals surface area contributed by atoms with Gasteiger partial charge >= 0.3 is 0 Å². The number of carbonyl (C=O) groups excluding carboxylic acids is 1. The second-order valence-electron chi connectivity index (χ2n) is 7.39. The number of nitrogens with zero attached hydrogens (tertiary/aromatic N) is 4. The highest BCUT2D eigenvalue weighted by Gasteiger charge is 2.37. The van der Waals surface area contributed by atoms with E-state index in [0.717, 1.165) is 10.2 Å². The monoisotopic (exact) mass is 449 g/mol. The van der Waals surface area contributed by atoms with Crippen LogP contribution < -0.4 is 0 Å². The van der Waals surface area contributed by atoms with E-state index in [9.17, 15) is 13.2 Å². The van der Waals surface area contributed by atoms with Gasteiger partial charge in [0.1, 0.15) is 14.6 Å². The Hall–Kier alpha value is -2.34. The number of morpholine rings is 1. The number of nitrogens with one attached hydrogen (secondary N) is 1. The first-order valence-corrected chi connectivity index (χ1v) is 11.7. The Morgan fingerprint density at radius 1 is 1.37 bits per heavy atom. The summed E-state index contributed by atoms with van der Waals surface area (Å²) in [6.45, 7) is 3.94. The molecule has 3 aromatic heterocycles. The number of pyridine rings is 1. The molecule has 0 aliphatic carbocycles. The molecule has 160 valence electrons. The summed E-state index contributed by atoms with van der Waals surface area (Å²) >= 11 is 1.30. The average molecular weight is 450 g/mol. The number of H-pyrrole nitrogens is 1. The van der Waals surface area contributed by atoms with Crippen molar-refractivity contribution in [3.05, 3.63) is 40.2 Å². The van der Waals surface area contributed by atoms with Crippen molar-refractivity contribution in [2.24, 2.45) is 0 Å². The summed E-state index contributed by atoms with van der Waals surface area (Å²) in [4.78, 5) is 20.2. The molecule has 11 heteroatoms. The number of sulfonamides is 1. The lowest BCUT2D eigenvalue weighted by molar-refractivity contribution is -0.00205. The lowest BCUT2D eigenvalue weighted by Crippen LogP contribution is -2.42. The van der Waals surface area contributed by atoms with E-state index in [2.05, 4.69) is 15.2 Å². The number of rotatable bonds is 4. The van der Waals surface area contributed by atoms with Gasteiger partial charge in [-0.05, 0) is 19.9 Å². The molecule has 1 saturated heterocycles. The van der Waals surface area contributed by atoms with Crippen molar-refractivity contribution in [2.75, 3.05) is 33.8 Å². The first kappa shape index (κ1) is 20.9. The second kappa shape index (κ2) is 7.73. The third-order valence-corrected chi connectivity index (χ3v) is 8.36. The van der Waals surface area contributed by atoms with Crippen LogP contribution in [0.1, 0.15) is 32.7 Å². The molecule has 1 amide bonds. The second-order valence-corrected chi connectivity index (χ2v) is 10.3. The van der Waals surface area contributed by atoms with Crippen molar-refractivity contribution >= 4 is 37.5 Å². The van der Waals surface area contributed by atoms with Crippen LogP contribution in [0.15, 0.2) is 23.2 Å². The Balaban J connectivity index is 1.76. The molecule has 1 aliphatic heterocycles. The quantitative estimate of drug-likeness (QED) is 0.653. The number of aromatic nitrogens is 3. The van der Waals surface area contributed by atoms with Gasteiger partial charge in [-0.3, -0.25) is 9.89 Å². The summed E-state index contributed by atoms with van der Waals surface area (Å²) in [6.07, 6.45) is 1.10. The molecule has 0 spiro atoms. The Bertz CT molecular complexity index is 1200. The maximum atomic E-state index is 13.3. The minimum absolute atomic E-state index is 0.112. The fraction of sp³-hybridized carbons (Fsp3) is 0.421. The van der Waals surface area contributed by atoms with E-state index >= 15 is 0 Å². The van der Waals surface area contributed by atoms with Gasteiger partial charge in [0.05, 0.1) is 24.1 Å². The zero-order valence-electron chi connectivity index (χ0n) is 17.2. The smallest absolute Gasteiger partial charge is 0.263 e. The maximum absolute atomic E-state index is 13.3. The summed E-state index contributed by atoms with van der Waals surface area (Å²) in [7, 11) is -0.380. The average Bonchev–Trinajstić information content (AvgIpc) is 3.27. The molecule has 1 N–H and O–H groups in total. The molecule has 9 nitrogen and oxygen atoms in total. The lowest BCUT2D eigenvalue weighted by atomic mass is 10.0. The van der Waals surface area contributed by atoms with Crippen LogP contribution >= 0.6 is 11.3 Å². The number of hydrogen-bond donors (Lipinski definition) is 1. The number of amides is 1. The number of hydrogen-bond acceptors (Lipinski definition) is 7. The largest absolute Gasteiger partial charge is 0.371 e. The van der Waals surface area contributed by atoms with E-state index < -0.39 is 16.1 Å². The predicted octanol–water partition coefficient (Wildman–Crippen LogP) is 2.10. The number of aryl methyl sites for hydroxylation is 2. The molecule has 3 aromatic rings. The van der Waals surface area contributed by atoms with Crippen molar-refractivity contribution in [2.45, 2.75) is 24.8 Å². The van der Waals surface area contributed by atoms with Crippen molar-refractivity contribution < 1.29 is 17.9 Å². The van der Waals surface area contributed by atoms with Crippen LogP contribution in [0.3, 0.4) is 0 Å². The summed E-state index contributed by atoms with van der Waals surface area (Å²) in [5.74, 6) is -0.155. The molecule has 0 saturated carbocycles. The van der Waals surface area contributed by atoms with Crippen LogP contribution in [-0.2, 0) is 14.8 Å². The third-order valence-electron chi connectivity index (χ3n) is 5.11. The van der Waals surface area contributed by atoms with Gasteiger partial charge in [-0.25, -0.2) is 13.4 Å². The van der Waals surface area contributed by atoms with Crippen LogP contribution in [0.2, 0.25) is 0 Å². The SMILES string of the molecule is Cc1n[nH]c(C)c1S(=O)(=O)N1CCOC(c2c(C(=O)N(C)C)sc3ncccc23)C1. The number of aromatic amines is 1. The fourth-order valence-corrected chi connectivity index (χ4v) is 6.67. The predicted molar refractivity (Wildman–Crippen MR) is 113 cm³/mol. The molecule has 4 rings (SSSR count). The first-order chi connectivity index (χ1) is 14.2. The lowest BCUT2D eigenvalue weighted by Gasteiger charge is -2.32. The van der Waals surface area contributed by atoms with E-state index in [0.29, 0.717) is 21.8 Å². The molecule has 1 unspecified atom stereocenters. The van der Waals surface area contributed by atoms with Crippen LogP contribution in [0.5, 0.6) is 0 Å². The maximum Gasteiger partial charge on any atom is 0.263 e. The van der Waals surface area contributed by atoms with Crippen molar-refractivity contribution in [3.8, 4) is 0 Å². The number of fused-ring (bicyclic) bond motifs is 1. The Labute approximate surface area is 178 Å². The minimum Gasteiger partial charge on any atom is -0.371 e. The normalized spacial score (nSPS) is 18.1. The molecule has 0 aromatic carbocycles. The van der Waals surface area contributed by atoms with E-state index in [1.807, 2.05) is 6.07 Å². The molecular formula is C19H23N5O4S2. The van der Waals surface area contributed by atoms with Gasteiger partial charge < -0.3 is 9.64 Å². The number of thiophene rings is 1. The van der Waals surface area contributed by atoms with Crippen LogP contribution in [0.25, 0.3) is 10.2 Å². The van der Waals surface area contributed by atoms with Gasteiger partial charge in [-0.2, -0.15) is 9.40 Å². The molecule has 30 heavy (non-hydrogen) atoms. The van der Waals surface area contributed by atoms with Crippen LogP contribution in [0.4, 0.5) is 0 Å². The molecule has 0 radical (unpaired) electrons. The zero-order chi connectivity index (χ0) is 21.6. The molecule has 1 atom stereocenters. The van der Waals surface area contributed by atoms with Gasteiger partial charge in [0, 0.05) is 44.3 Å². The summed E-state index contributed by atoms with van der Waals surface area (Å²) in [6, 6.07) is 3.69. The standard InChI is InChI=1S/C19H23N5O4S2/c1-11-17(12(2)22-21-11)30(26,27)24-8-9-28-14(10-24)15-13-6-5-7-20-18(13)29-16(15)19(25)23(3)4/h5-7,14H,8-10H2,1-4H3,(H,21,22). The minimum atomic E-state index is -3.75. The van der Waals surface area contributed by atoms with Crippen LogP contribution in [-0.4, -0.2) is 72.5 Å². The van der Waals surface area contributed by atoms with E-state index in [1.54, 1.807) is 40.2 Å². The Morgan fingerprint density at radius 3 is 2.80 bits per heavy atom. The molecule has 4 heterocycles.